The molecule has 26 heavy (non-hydrogen) atoms. The van der Waals surface area contributed by atoms with Gasteiger partial charge >= 0.3 is 0 Å². The molecule has 0 aromatic rings. The van der Waals surface area contributed by atoms with Crippen LogP contribution in [0.2, 0.25) is 0 Å². The second kappa shape index (κ2) is 6.48. The molecule has 0 radical (unpaired) electrons. The van der Waals surface area contributed by atoms with Crippen LogP contribution in [-0.4, -0.2) is 48.1 Å². The fraction of sp³-hybridized carbons (Fsp3) is 1.00. The van der Waals surface area contributed by atoms with Crippen LogP contribution in [0.1, 0.15) is 92.4 Å². The topological polar surface area (TPSA) is 6.48 Å². The molecule has 5 rings (SSSR count). The number of fused-ring (bicyclic) bond motifs is 5. The molecule has 0 spiro atoms. The van der Waals surface area contributed by atoms with Gasteiger partial charge in [0.1, 0.15) is 0 Å². The Morgan fingerprint density at radius 3 is 2.12 bits per heavy atom. The third kappa shape index (κ3) is 3.08. The average molecular weight is 361 g/mol. The van der Waals surface area contributed by atoms with E-state index in [1.165, 1.54) is 70.9 Å². The van der Waals surface area contributed by atoms with Crippen LogP contribution in [0.4, 0.5) is 0 Å². The van der Waals surface area contributed by atoms with Crippen molar-refractivity contribution in [1.29, 1.82) is 0 Å². The molecule has 5 fully saturated rings. The number of hydrogen-bond acceptors (Lipinski definition) is 2. The Morgan fingerprint density at radius 1 is 0.846 bits per heavy atom. The Bertz CT molecular complexity index is 509. The molecule has 3 unspecified atom stereocenters. The Hall–Kier alpha value is -0.0800. The highest BCUT2D eigenvalue weighted by molar-refractivity contribution is 5.05. The van der Waals surface area contributed by atoms with E-state index in [-0.39, 0.29) is 0 Å². The predicted molar refractivity (Wildman–Crippen MR) is 111 cm³/mol. The monoisotopic (exact) mass is 360 g/mol. The van der Waals surface area contributed by atoms with Crippen molar-refractivity contribution in [2.24, 2.45) is 22.2 Å². The smallest absolute Gasteiger partial charge is 0.0132 e. The molecule has 0 aromatic heterocycles. The summed E-state index contributed by atoms with van der Waals surface area (Å²) in [7, 11) is 2.38. The average Bonchev–Trinajstić information content (AvgIpc) is 2.82. The summed E-state index contributed by atoms with van der Waals surface area (Å²) in [6, 6.07) is 2.65. The first-order valence-electron chi connectivity index (χ1n) is 11.6. The van der Waals surface area contributed by atoms with Crippen molar-refractivity contribution in [2.75, 3.05) is 20.1 Å². The molecule has 2 heteroatoms. The molecule has 150 valence electrons. The van der Waals surface area contributed by atoms with Crippen molar-refractivity contribution >= 4 is 0 Å². The molecule has 4 bridgehead atoms. The zero-order valence-corrected chi connectivity index (χ0v) is 18.5. The van der Waals surface area contributed by atoms with E-state index in [0.717, 1.165) is 24.0 Å². The van der Waals surface area contributed by atoms with Gasteiger partial charge in [0.2, 0.25) is 0 Å². The minimum Gasteiger partial charge on any atom is -0.303 e. The van der Waals surface area contributed by atoms with Crippen LogP contribution in [0, 0.1) is 22.2 Å². The van der Waals surface area contributed by atoms with E-state index in [9.17, 15) is 0 Å². The highest BCUT2D eigenvalue weighted by atomic mass is 15.2. The molecule has 4 saturated heterocycles. The summed E-state index contributed by atoms with van der Waals surface area (Å²) in [6.45, 7) is 15.4. The van der Waals surface area contributed by atoms with Crippen molar-refractivity contribution in [3.05, 3.63) is 0 Å². The molecule has 1 aliphatic carbocycles. The summed E-state index contributed by atoms with van der Waals surface area (Å²) >= 11 is 0. The zero-order chi connectivity index (χ0) is 18.7. The minimum atomic E-state index is 0.469. The van der Waals surface area contributed by atoms with Gasteiger partial charge in [0, 0.05) is 24.7 Å². The second-order valence-corrected chi connectivity index (χ2v) is 12.1. The van der Waals surface area contributed by atoms with E-state index in [2.05, 4.69) is 51.5 Å². The van der Waals surface area contributed by atoms with E-state index in [4.69, 9.17) is 0 Å². The van der Waals surface area contributed by atoms with Crippen LogP contribution < -0.4 is 0 Å². The highest BCUT2D eigenvalue weighted by Gasteiger charge is 2.52. The van der Waals surface area contributed by atoms with E-state index in [1.807, 2.05) is 0 Å². The Labute approximate surface area is 163 Å². The highest BCUT2D eigenvalue weighted by Crippen LogP contribution is 2.56. The Kier molecular flexibility index (Phi) is 4.79. The summed E-state index contributed by atoms with van der Waals surface area (Å²) in [5.74, 6) is 0.902. The summed E-state index contributed by atoms with van der Waals surface area (Å²) in [5.41, 5.74) is 1.52. The van der Waals surface area contributed by atoms with Crippen molar-refractivity contribution in [3.8, 4) is 0 Å². The molecular formula is C24H44N2. The van der Waals surface area contributed by atoms with Crippen LogP contribution in [0.5, 0.6) is 0 Å². The van der Waals surface area contributed by atoms with Crippen LogP contribution in [-0.2, 0) is 0 Å². The minimum absolute atomic E-state index is 0.469. The SMILES string of the molecule is CN1CC2(C(C)(C)CCN3C4CCC3C(C(C)(C)C)CC4)CCC1CC2. The summed E-state index contributed by atoms with van der Waals surface area (Å²) in [5, 5.41) is 0. The van der Waals surface area contributed by atoms with E-state index < -0.39 is 0 Å². The lowest BCUT2D eigenvalue weighted by molar-refractivity contribution is -0.0901. The maximum Gasteiger partial charge on any atom is 0.0132 e. The van der Waals surface area contributed by atoms with Crippen LogP contribution in [0.3, 0.4) is 0 Å². The molecule has 4 aliphatic heterocycles. The number of piperidine rings is 3. The lowest BCUT2D eigenvalue weighted by Crippen LogP contribution is -2.58. The fourth-order valence-corrected chi connectivity index (χ4v) is 7.56. The maximum atomic E-state index is 2.98. The maximum absolute atomic E-state index is 2.98. The summed E-state index contributed by atoms with van der Waals surface area (Å²) < 4.78 is 0. The van der Waals surface area contributed by atoms with Crippen molar-refractivity contribution in [3.63, 3.8) is 0 Å². The van der Waals surface area contributed by atoms with Gasteiger partial charge in [0.25, 0.3) is 0 Å². The lowest BCUT2D eigenvalue weighted by atomic mass is 9.54. The van der Waals surface area contributed by atoms with Gasteiger partial charge in [-0.25, -0.2) is 0 Å². The van der Waals surface area contributed by atoms with E-state index in [1.54, 1.807) is 0 Å². The van der Waals surface area contributed by atoms with Gasteiger partial charge in [-0.15, -0.1) is 0 Å². The standard InChI is InChI=1S/C24H44N2/c1-22(2,3)20-9-7-19-8-10-21(20)26(19)16-15-23(4,5)24-13-11-18(12-14-24)25(6)17-24/h18-21H,7-17H2,1-6H3. The number of rotatable bonds is 4. The lowest BCUT2D eigenvalue weighted by Gasteiger charge is -2.59. The Morgan fingerprint density at radius 2 is 1.50 bits per heavy atom. The van der Waals surface area contributed by atoms with Gasteiger partial charge in [0.05, 0.1) is 0 Å². The van der Waals surface area contributed by atoms with Gasteiger partial charge in [-0.05, 0) is 93.5 Å². The van der Waals surface area contributed by atoms with E-state index >= 15 is 0 Å². The molecule has 4 heterocycles. The number of hydrogen-bond donors (Lipinski definition) is 0. The predicted octanol–water partition coefficient (Wildman–Crippen LogP) is 5.57. The molecule has 0 aromatic carbocycles. The van der Waals surface area contributed by atoms with Crippen molar-refractivity contribution in [2.45, 2.75) is 111 Å². The van der Waals surface area contributed by atoms with Gasteiger partial charge in [-0.2, -0.15) is 0 Å². The quantitative estimate of drug-likeness (QED) is 0.647. The Balaban J connectivity index is 1.45. The largest absolute Gasteiger partial charge is 0.303 e. The molecule has 0 amide bonds. The molecule has 2 nitrogen and oxygen atoms in total. The third-order valence-electron chi connectivity index (χ3n) is 9.60. The summed E-state index contributed by atoms with van der Waals surface area (Å²) in [4.78, 5) is 5.67. The van der Waals surface area contributed by atoms with Crippen molar-refractivity contribution < 1.29 is 0 Å². The molecular weight excluding hydrogens is 316 g/mol. The molecule has 5 aliphatic rings. The zero-order valence-electron chi connectivity index (χ0n) is 18.5. The summed E-state index contributed by atoms with van der Waals surface area (Å²) in [6.07, 6.45) is 13.1. The van der Waals surface area contributed by atoms with Gasteiger partial charge in [0.15, 0.2) is 0 Å². The molecule has 3 atom stereocenters. The molecule has 0 N–H and O–H groups in total. The normalized spacial score (nSPS) is 41.8. The van der Waals surface area contributed by atoms with Gasteiger partial charge in [-0.1, -0.05) is 34.6 Å². The first-order valence-corrected chi connectivity index (χ1v) is 11.6. The first-order chi connectivity index (χ1) is 12.1. The third-order valence-corrected chi connectivity index (χ3v) is 9.60. The second-order valence-electron chi connectivity index (χ2n) is 12.1. The van der Waals surface area contributed by atoms with E-state index in [0.29, 0.717) is 16.2 Å². The van der Waals surface area contributed by atoms with Gasteiger partial charge in [-0.3, -0.25) is 4.90 Å². The van der Waals surface area contributed by atoms with Gasteiger partial charge < -0.3 is 4.90 Å². The molecule has 1 saturated carbocycles. The first kappa shape index (κ1) is 19.2. The van der Waals surface area contributed by atoms with Crippen molar-refractivity contribution in [1.82, 2.24) is 9.80 Å². The van der Waals surface area contributed by atoms with Crippen LogP contribution >= 0.6 is 0 Å². The van der Waals surface area contributed by atoms with Crippen LogP contribution in [0.25, 0.3) is 0 Å². The fourth-order valence-electron chi connectivity index (χ4n) is 7.56. The van der Waals surface area contributed by atoms with Crippen LogP contribution in [0.15, 0.2) is 0 Å². The number of nitrogens with zero attached hydrogens (tertiary/aromatic N) is 2.